The monoisotopic (exact) mass is 515 g/mol. The van der Waals surface area contributed by atoms with Crippen LogP contribution in [0, 0.1) is 0 Å². The number of carbonyl (C=O) groups excluding carboxylic acids is 1. The van der Waals surface area contributed by atoms with E-state index in [2.05, 4.69) is 15.3 Å². The zero-order valence-electron chi connectivity index (χ0n) is 21.4. The van der Waals surface area contributed by atoms with Crippen LogP contribution in [0.3, 0.4) is 0 Å². The molecule has 0 unspecified atom stereocenters. The van der Waals surface area contributed by atoms with Crippen molar-refractivity contribution in [3.05, 3.63) is 109 Å². The number of aromatic amines is 1. The predicted molar refractivity (Wildman–Crippen MR) is 152 cm³/mol. The van der Waals surface area contributed by atoms with Gasteiger partial charge in [-0.2, -0.15) is 5.10 Å². The lowest BCUT2D eigenvalue weighted by molar-refractivity contribution is 0.102. The van der Waals surface area contributed by atoms with Crippen molar-refractivity contribution in [2.45, 2.75) is 0 Å². The lowest BCUT2D eigenvalue weighted by Crippen LogP contribution is -2.12. The van der Waals surface area contributed by atoms with Crippen molar-refractivity contribution in [2.24, 2.45) is 0 Å². The molecule has 0 aliphatic carbocycles. The second kappa shape index (κ2) is 10.2. The number of benzene rings is 4. The number of hydrogen-bond donors (Lipinski definition) is 2. The Bertz CT molecular complexity index is 1740. The van der Waals surface area contributed by atoms with Gasteiger partial charge < -0.3 is 19.8 Å². The van der Waals surface area contributed by atoms with Crippen LogP contribution < -0.4 is 14.8 Å². The smallest absolute Gasteiger partial charge is 0.259 e. The molecule has 0 aliphatic heterocycles. The van der Waals surface area contributed by atoms with Crippen LogP contribution in [-0.4, -0.2) is 39.9 Å². The number of H-pyrrole nitrogens is 1. The number of fused-ring (bicyclic) bond motifs is 1. The minimum absolute atomic E-state index is 0.298. The molecule has 0 spiro atoms. The maximum atomic E-state index is 13.6. The van der Waals surface area contributed by atoms with E-state index in [1.165, 1.54) is 0 Å². The quantitative estimate of drug-likeness (QED) is 0.258. The second-order valence-corrected chi connectivity index (χ2v) is 8.87. The Morgan fingerprint density at radius 3 is 2.38 bits per heavy atom. The van der Waals surface area contributed by atoms with Crippen LogP contribution in [0.2, 0.25) is 0 Å². The number of nitrogens with one attached hydrogen (secondary N) is 2. The van der Waals surface area contributed by atoms with E-state index in [0.29, 0.717) is 34.0 Å². The summed E-state index contributed by atoms with van der Waals surface area (Å²) in [5.74, 6) is 1.69. The van der Waals surface area contributed by atoms with E-state index in [9.17, 15) is 4.79 Å². The number of methoxy groups -OCH3 is 2. The Hall–Kier alpha value is -5.37. The Balaban J connectivity index is 1.34. The minimum Gasteiger partial charge on any atom is -0.497 e. The standard InChI is InChI=1S/C31H25N5O3/c1-38-23-16-17-28(39-2)24(18-23)29-25(19-36(35-29)22-8-4-3-5-9-22)31(37)32-21-14-12-20(13-15-21)30-33-26-10-6-7-11-27(26)34-30/h3-19H,1-2H3,(H,32,37)(H,33,34). The number of carbonyl (C=O) groups is 1. The van der Waals surface area contributed by atoms with Gasteiger partial charge in [-0.1, -0.05) is 30.3 Å². The summed E-state index contributed by atoms with van der Waals surface area (Å²) in [6.07, 6.45) is 1.72. The second-order valence-electron chi connectivity index (χ2n) is 8.87. The van der Waals surface area contributed by atoms with Gasteiger partial charge in [-0.05, 0) is 66.7 Å². The average molecular weight is 516 g/mol. The van der Waals surface area contributed by atoms with Gasteiger partial charge in [0.25, 0.3) is 5.91 Å². The SMILES string of the molecule is COc1ccc(OC)c(-c2nn(-c3ccccc3)cc2C(=O)Nc2ccc(-c3nc4ccccc4[nH]3)cc2)c1. The van der Waals surface area contributed by atoms with Crippen LogP contribution in [0.1, 0.15) is 10.4 Å². The minimum atomic E-state index is -0.298. The Morgan fingerprint density at radius 1 is 0.872 bits per heavy atom. The molecule has 0 saturated heterocycles. The number of rotatable bonds is 7. The normalized spacial score (nSPS) is 10.9. The number of ether oxygens (including phenoxy) is 2. The van der Waals surface area contributed by atoms with Gasteiger partial charge in [0, 0.05) is 23.0 Å². The maximum Gasteiger partial charge on any atom is 0.259 e. The first-order chi connectivity index (χ1) is 19.1. The third-order valence-electron chi connectivity index (χ3n) is 6.45. The number of hydrogen-bond acceptors (Lipinski definition) is 5. The molecule has 0 saturated carbocycles. The van der Waals surface area contributed by atoms with E-state index in [4.69, 9.17) is 14.6 Å². The van der Waals surface area contributed by atoms with Gasteiger partial charge in [0.15, 0.2) is 0 Å². The molecule has 6 rings (SSSR count). The highest BCUT2D eigenvalue weighted by Crippen LogP contribution is 2.35. The van der Waals surface area contributed by atoms with E-state index in [1.54, 1.807) is 37.2 Å². The molecule has 6 aromatic rings. The summed E-state index contributed by atoms with van der Waals surface area (Å²) in [7, 11) is 3.18. The van der Waals surface area contributed by atoms with Gasteiger partial charge in [0.1, 0.15) is 23.0 Å². The molecule has 8 nitrogen and oxygen atoms in total. The fourth-order valence-corrected chi connectivity index (χ4v) is 4.45. The van der Waals surface area contributed by atoms with Gasteiger partial charge >= 0.3 is 0 Å². The van der Waals surface area contributed by atoms with Gasteiger partial charge in [0.05, 0.1) is 36.5 Å². The highest BCUT2D eigenvalue weighted by molar-refractivity contribution is 6.08. The molecular formula is C31H25N5O3. The van der Waals surface area contributed by atoms with Crippen LogP contribution >= 0.6 is 0 Å². The maximum absolute atomic E-state index is 13.6. The average Bonchev–Trinajstić information content (AvgIpc) is 3.63. The van der Waals surface area contributed by atoms with E-state index in [1.807, 2.05) is 84.9 Å². The lowest BCUT2D eigenvalue weighted by Gasteiger charge is -2.11. The Kier molecular flexibility index (Phi) is 6.26. The van der Waals surface area contributed by atoms with Crippen molar-refractivity contribution in [3.63, 3.8) is 0 Å². The van der Waals surface area contributed by atoms with Gasteiger partial charge in [0.2, 0.25) is 0 Å². The summed E-state index contributed by atoms with van der Waals surface area (Å²) in [6.45, 7) is 0. The largest absolute Gasteiger partial charge is 0.497 e. The summed E-state index contributed by atoms with van der Waals surface area (Å²) in [5, 5.41) is 7.79. The summed E-state index contributed by atoms with van der Waals surface area (Å²) >= 11 is 0. The van der Waals surface area contributed by atoms with Crippen molar-refractivity contribution >= 4 is 22.6 Å². The first kappa shape index (κ1) is 24.0. The highest BCUT2D eigenvalue weighted by Gasteiger charge is 2.22. The molecule has 0 fully saturated rings. The third-order valence-corrected chi connectivity index (χ3v) is 6.45. The fourth-order valence-electron chi connectivity index (χ4n) is 4.45. The molecule has 0 radical (unpaired) electrons. The van der Waals surface area contributed by atoms with Gasteiger partial charge in [-0.25, -0.2) is 9.67 Å². The number of amides is 1. The fraction of sp³-hybridized carbons (Fsp3) is 0.0645. The Morgan fingerprint density at radius 2 is 1.64 bits per heavy atom. The molecule has 4 aromatic carbocycles. The molecule has 2 N–H and O–H groups in total. The number of nitrogens with zero attached hydrogens (tertiary/aromatic N) is 3. The molecule has 2 heterocycles. The lowest BCUT2D eigenvalue weighted by atomic mass is 10.1. The zero-order valence-corrected chi connectivity index (χ0v) is 21.4. The molecule has 0 aliphatic rings. The number of para-hydroxylation sites is 3. The number of imidazole rings is 1. The summed E-state index contributed by atoms with van der Waals surface area (Å²) in [4.78, 5) is 21.6. The van der Waals surface area contributed by atoms with Crippen molar-refractivity contribution in [3.8, 4) is 39.8 Å². The molecule has 2 aromatic heterocycles. The van der Waals surface area contributed by atoms with E-state index in [-0.39, 0.29) is 5.91 Å². The summed E-state index contributed by atoms with van der Waals surface area (Å²) < 4.78 is 12.7. The van der Waals surface area contributed by atoms with Crippen molar-refractivity contribution in [1.82, 2.24) is 19.7 Å². The first-order valence-corrected chi connectivity index (χ1v) is 12.4. The van der Waals surface area contributed by atoms with Crippen molar-refractivity contribution in [2.75, 3.05) is 19.5 Å². The number of aromatic nitrogens is 4. The predicted octanol–water partition coefficient (Wildman–Crippen LogP) is 6.35. The molecule has 1 amide bonds. The molecule has 0 atom stereocenters. The molecule has 0 bridgehead atoms. The molecular weight excluding hydrogens is 490 g/mol. The molecule has 39 heavy (non-hydrogen) atoms. The van der Waals surface area contributed by atoms with Crippen LogP contribution in [0.5, 0.6) is 11.5 Å². The topological polar surface area (TPSA) is 94.1 Å². The first-order valence-electron chi connectivity index (χ1n) is 12.4. The molecule has 8 heteroatoms. The van der Waals surface area contributed by atoms with Crippen LogP contribution in [0.25, 0.3) is 39.4 Å². The highest BCUT2D eigenvalue weighted by atomic mass is 16.5. The van der Waals surface area contributed by atoms with Gasteiger partial charge in [-0.15, -0.1) is 0 Å². The van der Waals surface area contributed by atoms with Crippen molar-refractivity contribution in [1.29, 1.82) is 0 Å². The Labute approximate surface area is 224 Å². The van der Waals surface area contributed by atoms with Crippen LogP contribution in [0.4, 0.5) is 5.69 Å². The number of anilines is 1. The van der Waals surface area contributed by atoms with Crippen LogP contribution in [-0.2, 0) is 0 Å². The van der Waals surface area contributed by atoms with E-state index < -0.39 is 0 Å². The summed E-state index contributed by atoms with van der Waals surface area (Å²) in [5.41, 5.74) is 5.80. The third kappa shape index (κ3) is 4.71. The zero-order chi connectivity index (χ0) is 26.8. The molecule has 192 valence electrons. The van der Waals surface area contributed by atoms with Crippen LogP contribution in [0.15, 0.2) is 103 Å². The van der Waals surface area contributed by atoms with Crippen molar-refractivity contribution < 1.29 is 14.3 Å². The van der Waals surface area contributed by atoms with E-state index in [0.717, 1.165) is 28.1 Å². The summed E-state index contributed by atoms with van der Waals surface area (Å²) in [6, 6.07) is 30.5. The van der Waals surface area contributed by atoms with Gasteiger partial charge in [-0.3, -0.25) is 4.79 Å². The van der Waals surface area contributed by atoms with E-state index >= 15 is 0 Å².